The second-order valence-corrected chi connectivity index (χ2v) is 5.88. The lowest BCUT2D eigenvalue weighted by Crippen LogP contribution is -2.43. The van der Waals surface area contributed by atoms with E-state index in [0.29, 0.717) is 28.8 Å². The van der Waals surface area contributed by atoms with Gasteiger partial charge in [0.15, 0.2) is 0 Å². The minimum atomic E-state index is -0.780. The second kappa shape index (κ2) is 4.47. The Hall–Kier alpha value is -1.10. The van der Waals surface area contributed by atoms with E-state index in [9.17, 15) is 9.90 Å². The molecule has 0 unspecified atom stereocenters. The van der Waals surface area contributed by atoms with Crippen molar-refractivity contribution >= 4 is 34.1 Å². The van der Waals surface area contributed by atoms with Crippen LogP contribution in [0.4, 0.5) is 0 Å². The maximum absolute atomic E-state index is 12.4. The molecule has 0 bridgehead atoms. The van der Waals surface area contributed by atoms with Gasteiger partial charge in [0, 0.05) is 5.02 Å². The lowest BCUT2D eigenvalue weighted by molar-refractivity contribution is -0.0481. The molecular weight excluding hydrogens is 287 g/mol. The molecule has 1 heterocycles. The number of aliphatic hydroxyl groups is 1. The third-order valence-electron chi connectivity index (χ3n) is 3.59. The van der Waals surface area contributed by atoms with Crippen LogP contribution in [0.5, 0.6) is 0 Å². The van der Waals surface area contributed by atoms with Gasteiger partial charge in [0.2, 0.25) is 0 Å². The molecule has 1 fully saturated rings. The minimum absolute atomic E-state index is 0.244. The molecule has 4 nitrogen and oxygen atoms in total. The molecule has 0 atom stereocenters. The normalized spacial score (nSPS) is 17.4. The first kappa shape index (κ1) is 12.9. The average Bonchev–Trinajstić information content (AvgIpc) is 2.30. The number of fused-ring (bicyclic) bond motifs is 1. The molecule has 1 aliphatic rings. The van der Waals surface area contributed by atoms with Crippen molar-refractivity contribution in [2.45, 2.75) is 31.4 Å². The maximum atomic E-state index is 12.4. The van der Waals surface area contributed by atoms with Crippen molar-refractivity contribution < 1.29 is 5.11 Å². The van der Waals surface area contributed by atoms with E-state index in [4.69, 9.17) is 23.2 Å². The van der Waals surface area contributed by atoms with Crippen molar-refractivity contribution in [2.24, 2.45) is 0 Å². The van der Waals surface area contributed by atoms with E-state index in [0.717, 1.165) is 6.42 Å². The summed E-state index contributed by atoms with van der Waals surface area (Å²) in [5, 5.41) is 11.2. The quantitative estimate of drug-likeness (QED) is 0.927. The van der Waals surface area contributed by atoms with E-state index in [1.807, 2.05) is 0 Å². The molecule has 0 saturated heterocycles. The lowest BCUT2D eigenvalue weighted by atomic mass is 9.80. The van der Waals surface area contributed by atoms with Crippen LogP contribution >= 0.6 is 23.2 Å². The number of halogens is 2. The number of hydrogen-bond acceptors (Lipinski definition) is 3. The highest BCUT2D eigenvalue weighted by molar-refractivity contribution is 6.38. The number of benzene rings is 1. The average molecular weight is 299 g/mol. The molecule has 1 aliphatic carbocycles. The molecule has 1 aromatic carbocycles. The zero-order valence-electron chi connectivity index (χ0n) is 10.1. The fourth-order valence-electron chi connectivity index (χ4n) is 2.37. The molecule has 0 radical (unpaired) electrons. The first-order chi connectivity index (χ1) is 8.98. The van der Waals surface area contributed by atoms with Gasteiger partial charge in [-0.15, -0.1) is 0 Å². The van der Waals surface area contributed by atoms with Gasteiger partial charge in [0.1, 0.15) is 0 Å². The van der Waals surface area contributed by atoms with E-state index in [-0.39, 0.29) is 17.1 Å². The van der Waals surface area contributed by atoms with Gasteiger partial charge in [0.25, 0.3) is 5.56 Å². The number of nitrogens with zero attached hydrogens (tertiary/aromatic N) is 2. The Labute approximate surface area is 119 Å². The summed E-state index contributed by atoms with van der Waals surface area (Å²) in [6.45, 7) is 0.258. The summed E-state index contributed by atoms with van der Waals surface area (Å²) in [4.78, 5) is 16.6. The number of aromatic nitrogens is 2. The predicted molar refractivity (Wildman–Crippen MR) is 74.8 cm³/mol. The van der Waals surface area contributed by atoms with Gasteiger partial charge in [0.05, 0.1) is 34.4 Å². The topological polar surface area (TPSA) is 55.1 Å². The Morgan fingerprint density at radius 3 is 2.74 bits per heavy atom. The number of hydrogen-bond donors (Lipinski definition) is 1. The van der Waals surface area contributed by atoms with Gasteiger partial charge in [-0.25, -0.2) is 4.98 Å². The number of rotatable bonds is 2. The van der Waals surface area contributed by atoms with Crippen LogP contribution in [-0.4, -0.2) is 20.3 Å². The van der Waals surface area contributed by atoms with Crippen LogP contribution in [0.2, 0.25) is 10.0 Å². The van der Waals surface area contributed by atoms with Crippen molar-refractivity contribution in [2.75, 3.05) is 0 Å². The molecule has 0 amide bonds. The van der Waals surface area contributed by atoms with Gasteiger partial charge in [-0.05, 0) is 31.4 Å². The Morgan fingerprint density at radius 2 is 2.11 bits per heavy atom. The molecule has 100 valence electrons. The van der Waals surface area contributed by atoms with Crippen molar-refractivity contribution in [3.63, 3.8) is 0 Å². The van der Waals surface area contributed by atoms with Crippen molar-refractivity contribution in [1.82, 2.24) is 9.55 Å². The fraction of sp³-hybridized carbons (Fsp3) is 0.385. The molecular formula is C13H12Cl2N2O2. The second-order valence-electron chi connectivity index (χ2n) is 5.04. The summed E-state index contributed by atoms with van der Waals surface area (Å²) in [5.74, 6) is 0. The summed E-state index contributed by atoms with van der Waals surface area (Å²) in [6, 6.07) is 3.13. The molecule has 0 spiro atoms. The first-order valence-electron chi connectivity index (χ1n) is 6.05. The minimum Gasteiger partial charge on any atom is -0.388 e. The van der Waals surface area contributed by atoms with Crippen molar-refractivity contribution in [3.05, 3.63) is 38.9 Å². The summed E-state index contributed by atoms with van der Waals surface area (Å²) in [6.07, 6.45) is 3.86. The van der Waals surface area contributed by atoms with Crippen LogP contribution in [0.1, 0.15) is 19.3 Å². The summed E-state index contributed by atoms with van der Waals surface area (Å²) in [7, 11) is 0. The molecule has 1 saturated carbocycles. The largest absolute Gasteiger partial charge is 0.388 e. The van der Waals surface area contributed by atoms with Crippen LogP contribution in [0.15, 0.2) is 23.3 Å². The lowest BCUT2D eigenvalue weighted by Gasteiger charge is -2.36. The summed E-state index contributed by atoms with van der Waals surface area (Å²) < 4.78 is 1.42. The summed E-state index contributed by atoms with van der Waals surface area (Å²) in [5.41, 5.74) is -0.552. The van der Waals surface area contributed by atoms with Gasteiger partial charge in [-0.1, -0.05) is 23.2 Å². The Morgan fingerprint density at radius 1 is 1.37 bits per heavy atom. The fourth-order valence-corrected chi connectivity index (χ4v) is 2.94. The molecule has 6 heteroatoms. The summed E-state index contributed by atoms with van der Waals surface area (Å²) >= 11 is 11.9. The molecule has 0 aliphatic heterocycles. The van der Waals surface area contributed by atoms with Gasteiger partial charge in [-0.2, -0.15) is 0 Å². The van der Waals surface area contributed by atoms with E-state index >= 15 is 0 Å². The van der Waals surface area contributed by atoms with Crippen molar-refractivity contribution in [3.8, 4) is 0 Å². The standard InChI is InChI=1S/C13H12Cl2N2O2/c14-8-4-9(15)11-10(5-8)16-7-17(12(11)18)6-13(19)2-1-3-13/h4-5,7,19H,1-3,6H2. The zero-order valence-corrected chi connectivity index (χ0v) is 11.6. The predicted octanol–water partition coefficient (Wildman–Crippen LogP) is 2.62. The SMILES string of the molecule is O=c1c2c(Cl)cc(Cl)cc2ncn1CC1(O)CCC1. The van der Waals surface area contributed by atoms with Crippen LogP contribution in [-0.2, 0) is 6.54 Å². The highest BCUT2D eigenvalue weighted by Gasteiger charge is 2.35. The van der Waals surface area contributed by atoms with Gasteiger partial charge in [-0.3, -0.25) is 9.36 Å². The molecule has 19 heavy (non-hydrogen) atoms. The smallest absolute Gasteiger partial charge is 0.262 e. The van der Waals surface area contributed by atoms with Crippen LogP contribution in [0.25, 0.3) is 10.9 Å². The molecule has 1 aromatic heterocycles. The molecule has 1 N–H and O–H groups in total. The highest BCUT2D eigenvalue weighted by atomic mass is 35.5. The molecule has 2 aromatic rings. The van der Waals surface area contributed by atoms with E-state index < -0.39 is 5.60 Å². The van der Waals surface area contributed by atoms with E-state index in [1.165, 1.54) is 17.0 Å². The Balaban J connectivity index is 2.13. The monoisotopic (exact) mass is 298 g/mol. The van der Waals surface area contributed by atoms with Gasteiger partial charge >= 0.3 is 0 Å². The van der Waals surface area contributed by atoms with Crippen molar-refractivity contribution in [1.29, 1.82) is 0 Å². The maximum Gasteiger partial charge on any atom is 0.262 e. The van der Waals surface area contributed by atoms with Gasteiger partial charge < -0.3 is 5.11 Å². The molecule has 3 rings (SSSR count). The first-order valence-corrected chi connectivity index (χ1v) is 6.81. The Bertz CT molecular complexity index is 708. The van der Waals surface area contributed by atoms with Crippen LogP contribution < -0.4 is 5.56 Å². The third kappa shape index (κ3) is 2.24. The Kier molecular flexibility index (Phi) is 3.04. The van der Waals surface area contributed by atoms with E-state index in [1.54, 1.807) is 6.07 Å². The van der Waals surface area contributed by atoms with Crippen LogP contribution in [0.3, 0.4) is 0 Å². The van der Waals surface area contributed by atoms with E-state index in [2.05, 4.69) is 4.98 Å². The zero-order chi connectivity index (χ0) is 13.6. The highest BCUT2D eigenvalue weighted by Crippen LogP contribution is 2.33. The van der Waals surface area contributed by atoms with Crippen LogP contribution in [0, 0.1) is 0 Å². The third-order valence-corrected chi connectivity index (χ3v) is 4.11.